The van der Waals surface area contributed by atoms with Gasteiger partial charge >= 0.3 is 38.1 Å². The van der Waals surface area contributed by atoms with Crippen molar-refractivity contribution in [3.63, 3.8) is 0 Å². The Morgan fingerprint density at radius 3 is 1.57 bits per heavy atom. The van der Waals surface area contributed by atoms with Crippen LogP contribution < -0.4 is 31.3 Å². The molecule has 0 aromatic carbocycles. The van der Waals surface area contributed by atoms with E-state index in [-0.39, 0.29) is 50.5 Å². The van der Waals surface area contributed by atoms with Crippen molar-refractivity contribution in [3.05, 3.63) is 0 Å². The van der Waals surface area contributed by atoms with Gasteiger partial charge in [-0.25, -0.2) is 0 Å². The van der Waals surface area contributed by atoms with Crippen molar-refractivity contribution >= 4 is 28.3 Å². The molecule has 0 bridgehead atoms. The zero-order chi connectivity index (χ0) is 4.28. The van der Waals surface area contributed by atoms with E-state index in [0.29, 0.717) is 0 Å². The minimum atomic E-state index is -0.179. The Morgan fingerprint density at radius 1 is 1.43 bits per heavy atom. The van der Waals surface area contributed by atoms with E-state index in [0.717, 1.165) is 4.05 Å². The first-order chi connectivity index (χ1) is 2.27. The fourth-order valence-electron chi connectivity index (χ4n) is 0. The predicted octanol–water partition coefficient (Wildman–Crippen LogP) is -4.32. The minimum Gasteiger partial charge on any atom is -1.00 e. The van der Waals surface area contributed by atoms with E-state index >= 15 is 0 Å². The summed E-state index contributed by atoms with van der Waals surface area (Å²) in [4.78, 5) is 0. The molecule has 0 aromatic rings. The van der Waals surface area contributed by atoms with Crippen molar-refractivity contribution in [2.24, 2.45) is 0 Å². The molecule has 0 heterocycles. The second-order valence-corrected chi connectivity index (χ2v) is 4.42. The van der Waals surface area contributed by atoms with Crippen molar-refractivity contribution in [2.75, 3.05) is 0 Å². The second kappa shape index (κ2) is 10.8. The first kappa shape index (κ1) is 16.0. The zero-order valence-corrected chi connectivity index (χ0v) is 7.97. The molecule has 0 aliphatic heterocycles. The van der Waals surface area contributed by atoms with Crippen LogP contribution in [0, 0.1) is 0 Å². The molecule has 0 N–H and O–H groups in total. The summed E-state index contributed by atoms with van der Waals surface area (Å²) in [6.45, 7) is 4.30. The summed E-state index contributed by atoms with van der Waals surface area (Å²) < 4.78 is 0.789. The van der Waals surface area contributed by atoms with E-state index < -0.39 is 0 Å². The third-order valence-corrected chi connectivity index (χ3v) is 2.78. The van der Waals surface area contributed by atoms with Gasteiger partial charge in [-0.05, 0) is 0 Å². The van der Waals surface area contributed by atoms with Gasteiger partial charge in [-0.2, -0.15) is 0 Å². The Morgan fingerprint density at radius 2 is 1.57 bits per heavy atom. The van der Waals surface area contributed by atoms with E-state index in [1.165, 1.54) is 0 Å². The zero-order valence-electron chi connectivity index (χ0n) is 5.04. The van der Waals surface area contributed by atoms with Gasteiger partial charge in [0.25, 0.3) is 0 Å². The van der Waals surface area contributed by atoms with Crippen molar-refractivity contribution in [1.29, 1.82) is 0 Å². The summed E-state index contributed by atoms with van der Waals surface area (Å²) in [6, 6.07) is 0. The topological polar surface area (TPSA) is 0 Å². The summed E-state index contributed by atoms with van der Waals surface area (Å²) in [6.07, 6.45) is 0. The van der Waals surface area contributed by atoms with Crippen molar-refractivity contribution in [1.82, 2.24) is 0 Å². The Balaban J connectivity index is -0.0000000800. The van der Waals surface area contributed by atoms with Gasteiger partial charge in [-0.15, -0.1) is 4.05 Å². The number of halogens is 2. The average Bonchev–Trinajstić information content (AvgIpc) is 1.38. The fourth-order valence-corrected chi connectivity index (χ4v) is 0. The van der Waals surface area contributed by atoms with Gasteiger partial charge in [0, 0.05) is 0 Å². The molecular formula is C3H7Cl2LiMg. The number of hydrogen-bond donors (Lipinski definition) is 0. The van der Waals surface area contributed by atoms with Gasteiger partial charge in [-0.1, -0.05) is 13.8 Å². The normalized spacial score (nSPS) is 5.71. The maximum atomic E-state index is 5.48. The molecule has 0 aliphatic rings. The summed E-state index contributed by atoms with van der Waals surface area (Å²) >= 11 is -0.179. The Labute approximate surface area is 76.8 Å². The largest absolute Gasteiger partial charge is 1.00 e. The molecule has 4 heteroatoms. The summed E-state index contributed by atoms with van der Waals surface area (Å²) in [7, 11) is 5.48. The van der Waals surface area contributed by atoms with Crippen LogP contribution in [0.15, 0.2) is 0 Å². The molecule has 0 fully saturated rings. The molecule has 36 valence electrons. The third-order valence-electron chi connectivity index (χ3n) is 0.309. The van der Waals surface area contributed by atoms with Crippen molar-refractivity contribution in [2.45, 2.75) is 17.9 Å². The molecule has 0 unspecified atom stereocenters. The molecule has 0 radical (unpaired) electrons. The predicted molar refractivity (Wildman–Crippen MR) is 26.7 cm³/mol. The molecule has 0 saturated heterocycles. The van der Waals surface area contributed by atoms with E-state index in [1.54, 1.807) is 0 Å². The molecule has 0 saturated carbocycles. The van der Waals surface area contributed by atoms with Crippen LogP contribution in [-0.4, -0.2) is 19.3 Å². The average molecular weight is 145 g/mol. The maximum Gasteiger partial charge on any atom is 1.00 e. The number of rotatable bonds is 1. The Bertz CT molecular complexity index is 26.9. The quantitative estimate of drug-likeness (QED) is 0.327. The van der Waals surface area contributed by atoms with Crippen LogP contribution in [0.2, 0.25) is 4.05 Å². The first-order valence-corrected chi connectivity index (χ1v) is 4.78. The summed E-state index contributed by atoms with van der Waals surface area (Å²) in [5.74, 6) is 0. The SMILES string of the molecule is C[CH](C)[Mg][Cl].[Cl-].[Li+]. The number of hydrogen-bond acceptors (Lipinski definition) is 0. The molecule has 0 nitrogen and oxygen atoms in total. The standard InChI is InChI=1S/C3H7.2ClH.Li.Mg/c1-3-2;;;;/h3H,1-2H3;2*1H;;/q;;;2*+1/p-2. The van der Waals surface area contributed by atoms with Crippen LogP contribution in [0.1, 0.15) is 13.8 Å². The monoisotopic (exact) mass is 144 g/mol. The molecule has 0 spiro atoms. The van der Waals surface area contributed by atoms with Gasteiger partial charge < -0.3 is 21.5 Å². The Hall–Kier alpha value is 1.94. The van der Waals surface area contributed by atoms with Crippen LogP contribution in [0.5, 0.6) is 0 Å². The summed E-state index contributed by atoms with van der Waals surface area (Å²) in [5.41, 5.74) is 0. The Kier molecular flexibility index (Phi) is 24.7. The smallest absolute Gasteiger partial charge is 1.00 e. The van der Waals surface area contributed by atoms with Gasteiger partial charge in [0.1, 0.15) is 0 Å². The van der Waals surface area contributed by atoms with Crippen LogP contribution >= 0.6 is 9.07 Å². The van der Waals surface area contributed by atoms with Crippen LogP contribution in [0.3, 0.4) is 0 Å². The van der Waals surface area contributed by atoms with Crippen LogP contribution in [-0.2, 0) is 0 Å². The van der Waals surface area contributed by atoms with Gasteiger partial charge in [0.15, 0.2) is 0 Å². The van der Waals surface area contributed by atoms with E-state index in [4.69, 9.17) is 9.07 Å². The maximum absolute atomic E-state index is 5.48. The van der Waals surface area contributed by atoms with Crippen molar-refractivity contribution < 1.29 is 31.3 Å². The molecule has 0 rings (SSSR count). The fraction of sp³-hybridized carbons (Fsp3) is 1.00. The molecule has 7 heavy (non-hydrogen) atoms. The van der Waals surface area contributed by atoms with Gasteiger partial charge in [-0.3, -0.25) is 0 Å². The third kappa shape index (κ3) is 18.0. The molecule has 0 atom stereocenters. The molecule has 0 amide bonds. The van der Waals surface area contributed by atoms with E-state index in [2.05, 4.69) is 13.8 Å². The van der Waals surface area contributed by atoms with Gasteiger partial charge in [0.2, 0.25) is 0 Å². The minimum absolute atomic E-state index is 0. The van der Waals surface area contributed by atoms with Crippen LogP contribution in [0.4, 0.5) is 0 Å². The van der Waals surface area contributed by atoms with E-state index in [9.17, 15) is 0 Å². The molecule has 0 aliphatic carbocycles. The van der Waals surface area contributed by atoms with Gasteiger partial charge in [0.05, 0.1) is 0 Å². The second-order valence-electron chi connectivity index (χ2n) is 1.55. The summed E-state index contributed by atoms with van der Waals surface area (Å²) in [5, 5.41) is 0. The van der Waals surface area contributed by atoms with Crippen LogP contribution in [0.25, 0.3) is 0 Å². The van der Waals surface area contributed by atoms with E-state index in [1.807, 2.05) is 0 Å². The molecule has 0 aromatic heterocycles. The first-order valence-electron chi connectivity index (χ1n) is 1.83. The molecular weight excluding hydrogens is 138 g/mol. The van der Waals surface area contributed by atoms with Crippen molar-refractivity contribution in [3.8, 4) is 0 Å².